The first-order valence-corrected chi connectivity index (χ1v) is 7.33. The van der Waals surface area contributed by atoms with Gasteiger partial charge in [0.05, 0.1) is 0 Å². The van der Waals surface area contributed by atoms with Gasteiger partial charge in [-0.2, -0.15) is 21.0 Å². The van der Waals surface area contributed by atoms with Crippen molar-refractivity contribution in [3.63, 3.8) is 0 Å². The van der Waals surface area contributed by atoms with Gasteiger partial charge in [0, 0.05) is 0 Å². The van der Waals surface area contributed by atoms with Crippen LogP contribution in [0.5, 0.6) is 0 Å². The van der Waals surface area contributed by atoms with Gasteiger partial charge in [-0.15, -0.1) is 0 Å². The van der Waals surface area contributed by atoms with Crippen LogP contribution in [0.1, 0.15) is 6.42 Å². The van der Waals surface area contributed by atoms with Gasteiger partial charge < -0.3 is 0 Å². The highest BCUT2D eigenvalue weighted by molar-refractivity contribution is 5.43. The Hall–Kier alpha value is -4.12. The van der Waals surface area contributed by atoms with Gasteiger partial charge in [0.25, 0.3) is 0 Å². The molecule has 0 heterocycles. The van der Waals surface area contributed by atoms with E-state index in [9.17, 15) is 0 Å². The smallest absolute Gasteiger partial charge is 0.129 e. The van der Waals surface area contributed by atoms with Crippen molar-refractivity contribution in [1.82, 2.24) is 0 Å². The fraction of sp³-hybridized carbons (Fsp3) is 0.0476. The van der Waals surface area contributed by atoms with Crippen LogP contribution in [0.25, 0.3) is 0 Å². The SMILES string of the molecule is N#CC(C#N)=C/C=C/C=C/C1=CC=CC=C(/C=C/C=C(C#N)C#N)C1. The fourth-order valence-electron chi connectivity index (χ4n) is 1.80. The quantitative estimate of drug-likeness (QED) is 0.553. The van der Waals surface area contributed by atoms with Gasteiger partial charge >= 0.3 is 0 Å². The Morgan fingerprint density at radius 2 is 1.16 bits per heavy atom. The minimum absolute atomic E-state index is 0.0544. The van der Waals surface area contributed by atoms with Gasteiger partial charge in [-0.05, 0) is 29.7 Å². The lowest BCUT2D eigenvalue weighted by molar-refractivity contribution is 1.21. The summed E-state index contributed by atoms with van der Waals surface area (Å²) in [5.74, 6) is 0. The maximum atomic E-state index is 8.69. The molecule has 0 bridgehead atoms. The minimum Gasteiger partial charge on any atom is -0.192 e. The number of nitriles is 4. The minimum atomic E-state index is 0.0544. The Balaban J connectivity index is 2.74. The van der Waals surface area contributed by atoms with Crippen LogP contribution >= 0.6 is 0 Å². The molecule has 4 nitrogen and oxygen atoms in total. The molecular formula is C21H14N4. The summed E-state index contributed by atoms with van der Waals surface area (Å²) in [6.45, 7) is 0. The summed E-state index contributed by atoms with van der Waals surface area (Å²) in [5, 5.41) is 34.6. The second-order valence-electron chi connectivity index (χ2n) is 4.76. The Morgan fingerprint density at radius 1 is 0.680 bits per heavy atom. The molecule has 0 aromatic carbocycles. The second kappa shape index (κ2) is 11.4. The molecule has 0 N–H and O–H groups in total. The predicted octanol–water partition coefficient (Wildman–Crippen LogP) is 4.41. The van der Waals surface area contributed by atoms with Crippen LogP contribution in [-0.2, 0) is 0 Å². The maximum Gasteiger partial charge on any atom is 0.129 e. The van der Waals surface area contributed by atoms with Crippen molar-refractivity contribution in [3.05, 3.63) is 95.2 Å². The number of allylic oxidation sites excluding steroid dienone is 16. The molecule has 0 aromatic rings. The molecule has 0 aromatic heterocycles. The average Bonchev–Trinajstić information content (AvgIpc) is 2.87. The molecule has 0 saturated carbocycles. The molecule has 0 fully saturated rings. The summed E-state index contributed by atoms with van der Waals surface area (Å²) < 4.78 is 0. The van der Waals surface area contributed by atoms with Crippen molar-refractivity contribution in [2.75, 3.05) is 0 Å². The van der Waals surface area contributed by atoms with Crippen LogP contribution in [-0.4, -0.2) is 0 Å². The lowest BCUT2D eigenvalue weighted by Crippen LogP contribution is -1.81. The molecule has 0 amide bonds. The molecule has 1 rings (SSSR count). The first kappa shape index (κ1) is 18.9. The summed E-state index contributed by atoms with van der Waals surface area (Å²) in [7, 11) is 0. The highest BCUT2D eigenvalue weighted by atomic mass is 14.3. The predicted molar refractivity (Wildman–Crippen MR) is 96.0 cm³/mol. The summed E-state index contributed by atoms with van der Waals surface area (Å²) in [5.41, 5.74) is 2.22. The third-order valence-corrected chi connectivity index (χ3v) is 2.99. The molecule has 4 heteroatoms. The molecule has 1 aliphatic rings. The summed E-state index contributed by atoms with van der Waals surface area (Å²) in [4.78, 5) is 0. The van der Waals surface area contributed by atoms with E-state index in [0.717, 1.165) is 11.1 Å². The van der Waals surface area contributed by atoms with Crippen molar-refractivity contribution in [1.29, 1.82) is 21.0 Å². The first-order valence-electron chi connectivity index (χ1n) is 7.33. The molecule has 0 radical (unpaired) electrons. The van der Waals surface area contributed by atoms with Crippen LogP contribution in [0.2, 0.25) is 0 Å². The molecular weight excluding hydrogens is 308 g/mol. The highest BCUT2D eigenvalue weighted by Crippen LogP contribution is 2.17. The van der Waals surface area contributed by atoms with E-state index in [4.69, 9.17) is 21.0 Å². The molecule has 0 atom stereocenters. The van der Waals surface area contributed by atoms with Crippen LogP contribution in [0.15, 0.2) is 95.2 Å². The van der Waals surface area contributed by atoms with Crippen molar-refractivity contribution >= 4 is 0 Å². The number of hydrogen-bond donors (Lipinski definition) is 0. The third kappa shape index (κ3) is 7.62. The molecule has 0 aliphatic heterocycles. The lowest BCUT2D eigenvalue weighted by atomic mass is 10.0. The van der Waals surface area contributed by atoms with E-state index < -0.39 is 0 Å². The summed E-state index contributed by atoms with van der Waals surface area (Å²) in [6, 6.07) is 7.19. The monoisotopic (exact) mass is 322 g/mol. The first-order chi connectivity index (χ1) is 12.2. The van der Waals surface area contributed by atoms with Crippen molar-refractivity contribution in [2.45, 2.75) is 6.42 Å². The Kier molecular flexibility index (Phi) is 8.67. The van der Waals surface area contributed by atoms with Crippen molar-refractivity contribution in [3.8, 4) is 24.3 Å². The summed E-state index contributed by atoms with van der Waals surface area (Å²) in [6.07, 6.45) is 22.1. The van der Waals surface area contributed by atoms with Gasteiger partial charge in [0.2, 0.25) is 0 Å². The van der Waals surface area contributed by atoms with Gasteiger partial charge in [0.1, 0.15) is 35.4 Å². The van der Waals surface area contributed by atoms with Gasteiger partial charge in [0.15, 0.2) is 0 Å². The van der Waals surface area contributed by atoms with E-state index in [0.29, 0.717) is 6.42 Å². The zero-order chi connectivity index (χ0) is 18.3. The molecule has 25 heavy (non-hydrogen) atoms. The van der Waals surface area contributed by atoms with E-state index >= 15 is 0 Å². The fourth-order valence-corrected chi connectivity index (χ4v) is 1.80. The van der Waals surface area contributed by atoms with Crippen LogP contribution in [0, 0.1) is 45.3 Å². The van der Waals surface area contributed by atoms with Gasteiger partial charge in [-0.25, -0.2) is 0 Å². The van der Waals surface area contributed by atoms with Gasteiger partial charge in [-0.3, -0.25) is 0 Å². The lowest BCUT2D eigenvalue weighted by Gasteiger charge is -2.00. The van der Waals surface area contributed by atoms with E-state index in [2.05, 4.69) is 0 Å². The van der Waals surface area contributed by atoms with E-state index in [1.54, 1.807) is 42.5 Å². The van der Waals surface area contributed by atoms with Gasteiger partial charge in [-0.1, -0.05) is 60.8 Å². The normalized spacial score (nSPS) is 13.1. The Labute approximate surface area is 147 Å². The summed E-state index contributed by atoms with van der Waals surface area (Å²) >= 11 is 0. The largest absolute Gasteiger partial charge is 0.192 e. The second-order valence-corrected chi connectivity index (χ2v) is 4.76. The highest BCUT2D eigenvalue weighted by Gasteiger charge is 1.98. The Morgan fingerprint density at radius 3 is 1.68 bits per heavy atom. The Bertz CT molecular complexity index is 871. The van der Waals surface area contributed by atoms with Crippen LogP contribution < -0.4 is 0 Å². The topological polar surface area (TPSA) is 95.2 Å². The van der Waals surface area contributed by atoms with Crippen molar-refractivity contribution in [2.24, 2.45) is 0 Å². The zero-order valence-corrected chi connectivity index (χ0v) is 13.4. The van der Waals surface area contributed by atoms with Crippen molar-refractivity contribution < 1.29 is 0 Å². The number of rotatable bonds is 5. The average molecular weight is 322 g/mol. The van der Waals surface area contributed by atoms with E-state index in [-0.39, 0.29) is 11.1 Å². The molecule has 1 aliphatic carbocycles. The molecule has 0 saturated heterocycles. The number of hydrogen-bond acceptors (Lipinski definition) is 4. The van der Waals surface area contributed by atoms with E-state index in [1.165, 1.54) is 12.2 Å². The molecule has 118 valence electrons. The third-order valence-electron chi connectivity index (χ3n) is 2.99. The molecule has 0 spiro atoms. The zero-order valence-electron chi connectivity index (χ0n) is 13.4. The molecule has 0 unspecified atom stereocenters. The van der Waals surface area contributed by atoms with Crippen LogP contribution in [0.3, 0.4) is 0 Å². The number of nitrogens with zero attached hydrogens (tertiary/aromatic N) is 4. The standard InChI is InChI=1S/C21H14N4/c22-14-20(15-23)10-3-1-2-7-18-8-4-5-9-19(13-18)11-6-12-21(16-24)17-25/h1-12H,13H2/b3-1+,7-2+,11-6+. The van der Waals surface area contributed by atoms with E-state index in [1.807, 2.05) is 42.5 Å². The van der Waals surface area contributed by atoms with Crippen LogP contribution in [0.4, 0.5) is 0 Å². The maximum absolute atomic E-state index is 8.69.